The van der Waals surface area contributed by atoms with Gasteiger partial charge in [0, 0.05) is 0 Å². The van der Waals surface area contributed by atoms with Crippen molar-refractivity contribution in [3.63, 3.8) is 0 Å². The van der Waals surface area contributed by atoms with Crippen LogP contribution in [0.2, 0.25) is 0 Å². The van der Waals surface area contributed by atoms with E-state index in [0.717, 1.165) is 25.0 Å². The molecule has 3 N–H and O–H groups in total. The van der Waals surface area contributed by atoms with Gasteiger partial charge in [0.25, 0.3) is 5.91 Å². The first kappa shape index (κ1) is 18.3. The van der Waals surface area contributed by atoms with Crippen molar-refractivity contribution in [2.45, 2.75) is 31.5 Å². The number of nitrogens with one attached hydrogen (secondary N) is 2. The van der Waals surface area contributed by atoms with E-state index in [4.69, 9.17) is 0 Å². The topological polar surface area (TPSA) is 78.4 Å². The SMILES string of the molecule is CC(CO)(NC(=O)CNC(=O)c1ccccc1C(F)(F)F)C1CC1. The van der Waals surface area contributed by atoms with Crippen molar-refractivity contribution < 1.29 is 27.9 Å². The highest BCUT2D eigenvalue weighted by Crippen LogP contribution is 2.39. The number of carbonyl (C=O) groups excluding carboxylic acids is 2. The number of carbonyl (C=O) groups is 2. The van der Waals surface area contributed by atoms with Gasteiger partial charge < -0.3 is 15.7 Å². The standard InChI is InChI=1S/C16H19F3N2O3/c1-15(9-22,10-6-7-10)21-13(23)8-20-14(24)11-4-2-3-5-12(11)16(17,18)19/h2-5,10,22H,6-9H2,1H3,(H,20,24)(H,21,23). The molecule has 24 heavy (non-hydrogen) atoms. The molecular weight excluding hydrogens is 325 g/mol. The first-order valence-electron chi connectivity index (χ1n) is 7.53. The van der Waals surface area contributed by atoms with Gasteiger partial charge in [0.05, 0.1) is 29.8 Å². The van der Waals surface area contributed by atoms with Crippen molar-refractivity contribution in [1.82, 2.24) is 10.6 Å². The van der Waals surface area contributed by atoms with Crippen LogP contribution in [-0.2, 0) is 11.0 Å². The van der Waals surface area contributed by atoms with Crippen LogP contribution in [0.3, 0.4) is 0 Å². The Labute approximate surface area is 137 Å². The van der Waals surface area contributed by atoms with Crippen LogP contribution in [-0.4, -0.2) is 35.6 Å². The van der Waals surface area contributed by atoms with Gasteiger partial charge in [0.2, 0.25) is 5.91 Å². The van der Waals surface area contributed by atoms with Crippen molar-refractivity contribution in [2.24, 2.45) is 5.92 Å². The molecule has 1 unspecified atom stereocenters. The summed E-state index contributed by atoms with van der Waals surface area (Å²) in [6, 6.07) is 4.37. The monoisotopic (exact) mass is 344 g/mol. The number of halogens is 3. The van der Waals surface area contributed by atoms with Crippen molar-refractivity contribution in [3.8, 4) is 0 Å². The van der Waals surface area contributed by atoms with Gasteiger partial charge in [-0.1, -0.05) is 12.1 Å². The number of hydrogen-bond donors (Lipinski definition) is 3. The average molecular weight is 344 g/mol. The predicted octanol–water partition coefficient (Wildman–Crippen LogP) is 1.71. The fourth-order valence-electron chi connectivity index (χ4n) is 2.54. The van der Waals surface area contributed by atoms with E-state index in [1.807, 2.05) is 0 Å². The number of hydrogen-bond acceptors (Lipinski definition) is 3. The summed E-state index contributed by atoms with van der Waals surface area (Å²) in [7, 11) is 0. The third-order valence-electron chi connectivity index (χ3n) is 4.12. The minimum atomic E-state index is -4.66. The van der Waals surface area contributed by atoms with Crippen LogP contribution in [0, 0.1) is 5.92 Å². The Balaban J connectivity index is 1.97. The highest BCUT2D eigenvalue weighted by molar-refractivity contribution is 5.97. The van der Waals surface area contributed by atoms with Gasteiger partial charge in [-0.15, -0.1) is 0 Å². The summed E-state index contributed by atoms with van der Waals surface area (Å²) in [4.78, 5) is 23.9. The van der Waals surface area contributed by atoms with E-state index in [1.54, 1.807) is 6.92 Å². The second-order valence-corrected chi connectivity index (χ2v) is 6.12. The molecule has 0 aliphatic heterocycles. The lowest BCUT2D eigenvalue weighted by Gasteiger charge is -2.28. The number of amides is 2. The van der Waals surface area contributed by atoms with Crippen LogP contribution in [0.25, 0.3) is 0 Å². The molecule has 0 bridgehead atoms. The van der Waals surface area contributed by atoms with Crippen LogP contribution in [0.15, 0.2) is 24.3 Å². The molecule has 5 nitrogen and oxygen atoms in total. The molecule has 0 radical (unpaired) electrons. The minimum absolute atomic E-state index is 0.174. The fourth-order valence-corrected chi connectivity index (χ4v) is 2.54. The molecule has 1 aromatic carbocycles. The number of aliphatic hydroxyl groups excluding tert-OH is 1. The van der Waals surface area contributed by atoms with Crippen molar-refractivity contribution in [3.05, 3.63) is 35.4 Å². The lowest BCUT2D eigenvalue weighted by atomic mass is 9.97. The van der Waals surface area contributed by atoms with E-state index in [0.29, 0.717) is 0 Å². The van der Waals surface area contributed by atoms with Crippen LogP contribution < -0.4 is 10.6 Å². The lowest BCUT2D eigenvalue weighted by molar-refractivity contribution is -0.137. The molecule has 0 spiro atoms. The zero-order chi connectivity index (χ0) is 18.0. The lowest BCUT2D eigenvalue weighted by Crippen LogP contribution is -2.53. The number of rotatable bonds is 6. The van der Waals surface area contributed by atoms with Gasteiger partial charge in [0.1, 0.15) is 0 Å². The third-order valence-corrected chi connectivity index (χ3v) is 4.12. The summed E-state index contributed by atoms with van der Waals surface area (Å²) in [5.74, 6) is -1.36. The highest BCUT2D eigenvalue weighted by Gasteiger charge is 2.42. The molecule has 1 saturated carbocycles. The number of aliphatic hydroxyl groups is 1. The van der Waals surface area contributed by atoms with Gasteiger partial charge in [-0.3, -0.25) is 9.59 Å². The highest BCUT2D eigenvalue weighted by atomic mass is 19.4. The molecule has 1 fully saturated rings. The normalized spacial score (nSPS) is 17.0. The Hall–Kier alpha value is -2.09. The molecule has 2 rings (SSSR count). The number of benzene rings is 1. The molecular formula is C16H19F3N2O3. The van der Waals surface area contributed by atoms with E-state index in [2.05, 4.69) is 10.6 Å². The third kappa shape index (κ3) is 4.25. The summed E-state index contributed by atoms with van der Waals surface area (Å²) in [5, 5.41) is 14.2. The molecule has 132 valence electrons. The van der Waals surface area contributed by atoms with Crippen molar-refractivity contribution in [2.75, 3.05) is 13.2 Å². The van der Waals surface area contributed by atoms with Crippen molar-refractivity contribution in [1.29, 1.82) is 0 Å². The molecule has 1 atom stereocenters. The summed E-state index contributed by atoms with van der Waals surface area (Å²) < 4.78 is 38.7. The van der Waals surface area contributed by atoms with Crippen LogP contribution in [0.1, 0.15) is 35.7 Å². The maximum absolute atomic E-state index is 12.9. The van der Waals surface area contributed by atoms with E-state index in [9.17, 15) is 27.9 Å². The zero-order valence-corrected chi connectivity index (χ0v) is 13.1. The Morgan fingerprint density at radius 2 is 1.88 bits per heavy atom. The van der Waals surface area contributed by atoms with Crippen LogP contribution >= 0.6 is 0 Å². The Bertz CT molecular complexity index is 629. The zero-order valence-electron chi connectivity index (χ0n) is 13.1. The maximum Gasteiger partial charge on any atom is 0.417 e. The van der Waals surface area contributed by atoms with E-state index in [-0.39, 0.29) is 12.5 Å². The molecule has 1 aromatic rings. The summed E-state index contributed by atoms with van der Waals surface area (Å²) in [5.41, 5.74) is -2.36. The van der Waals surface area contributed by atoms with Crippen LogP contribution in [0.5, 0.6) is 0 Å². The molecule has 0 aromatic heterocycles. The maximum atomic E-state index is 12.9. The fraction of sp³-hybridized carbons (Fsp3) is 0.500. The molecule has 2 amide bonds. The number of alkyl halides is 3. The van der Waals surface area contributed by atoms with Gasteiger partial charge in [0.15, 0.2) is 0 Å². The Morgan fingerprint density at radius 1 is 1.25 bits per heavy atom. The average Bonchev–Trinajstić information content (AvgIpc) is 3.37. The Morgan fingerprint density at radius 3 is 2.42 bits per heavy atom. The first-order chi connectivity index (χ1) is 11.2. The van der Waals surface area contributed by atoms with Gasteiger partial charge >= 0.3 is 6.18 Å². The smallest absolute Gasteiger partial charge is 0.394 e. The molecule has 0 heterocycles. The van der Waals surface area contributed by atoms with Gasteiger partial charge in [-0.05, 0) is 37.8 Å². The second kappa shape index (κ2) is 6.80. The van der Waals surface area contributed by atoms with E-state index < -0.39 is 41.2 Å². The van der Waals surface area contributed by atoms with Gasteiger partial charge in [-0.25, -0.2) is 0 Å². The van der Waals surface area contributed by atoms with Crippen LogP contribution in [0.4, 0.5) is 13.2 Å². The Kier molecular flexibility index (Phi) is 5.17. The first-order valence-corrected chi connectivity index (χ1v) is 7.53. The minimum Gasteiger partial charge on any atom is -0.394 e. The summed E-state index contributed by atoms with van der Waals surface area (Å²) in [6.07, 6.45) is -2.87. The second-order valence-electron chi connectivity index (χ2n) is 6.12. The molecule has 8 heteroatoms. The van der Waals surface area contributed by atoms with Gasteiger partial charge in [-0.2, -0.15) is 13.2 Å². The predicted molar refractivity (Wildman–Crippen MR) is 80.1 cm³/mol. The summed E-state index contributed by atoms with van der Waals surface area (Å²) >= 11 is 0. The molecule has 1 aliphatic carbocycles. The van der Waals surface area contributed by atoms with Crippen molar-refractivity contribution >= 4 is 11.8 Å². The quantitative estimate of drug-likeness (QED) is 0.735. The molecule has 0 saturated heterocycles. The van der Waals surface area contributed by atoms with E-state index in [1.165, 1.54) is 12.1 Å². The summed E-state index contributed by atoms with van der Waals surface area (Å²) in [6.45, 7) is 0.991. The van der Waals surface area contributed by atoms with E-state index >= 15 is 0 Å². The molecule has 1 aliphatic rings. The largest absolute Gasteiger partial charge is 0.417 e.